The zero-order valence-electron chi connectivity index (χ0n) is 8.56. The minimum Gasteiger partial charge on any atom is -0.390 e. The van der Waals surface area contributed by atoms with Crippen LogP contribution in [0.3, 0.4) is 0 Å². The highest BCUT2D eigenvalue weighted by molar-refractivity contribution is 4.97. The zero-order chi connectivity index (χ0) is 9.97. The Balaban J connectivity index is 2.02. The topological polar surface area (TPSA) is 41.3 Å². The molecule has 0 amide bonds. The van der Waals surface area contributed by atoms with Gasteiger partial charge in [-0.05, 0) is 26.4 Å². The summed E-state index contributed by atoms with van der Waals surface area (Å²) in [5.74, 6) is 0. The molecule has 1 atom stereocenters. The minimum absolute atomic E-state index is 0.0798. The molecule has 78 valence electrons. The number of likely N-dealkylation sites (N-methyl/N-ethyl adjacent to an activating group) is 1. The summed E-state index contributed by atoms with van der Waals surface area (Å²) in [6.07, 6.45) is 6.07. The van der Waals surface area contributed by atoms with E-state index in [2.05, 4.69) is 16.9 Å². The van der Waals surface area contributed by atoms with Gasteiger partial charge in [0.15, 0.2) is 0 Å². The van der Waals surface area contributed by atoms with Crippen molar-refractivity contribution in [2.75, 3.05) is 13.6 Å². The first-order valence-corrected chi connectivity index (χ1v) is 5.11. The molecular weight excluding hydrogens is 178 g/mol. The quantitative estimate of drug-likeness (QED) is 0.762. The highest BCUT2D eigenvalue weighted by atomic mass is 16.3. The molecule has 1 aromatic rings. The molecule has 4 heteroatoms. The number of likely N-dealkylation sites (tertiary alicyclic amines) is 1. The molecule has 0 aliphatic carbocycles. The normalized spacial score (nSPS) is 23.1. The molecule has 1 aliphatic rings. The summed E-state index contributed by atoms with van der Waals surface area (Å²) in [6, 6.07) is 0.606. The predicted octanol–water partition coefficient (Wildman–Crippen LogP) is 0.470. The molecule has 0 bridgehead atoms. The Kier molecular flexibility index (Phi) is 2.84. The third kappa shape index (κ3) is 1.81. The lowest BCUT2D eigenvalue weighted by Gasteiger charge is -2.20. The van der Waals surface area contributed by atoms with Gasteiger partial charge < -0.3 is 14.6 Å². The van der Waals surface area contributed by atoms with Gasteiger partial charge in [-0.15, -0.1) is 0 Å². The van der Waals surface area contributed by atoms with E-state index in [-0.39, 0.29) is 6.61 Å². The van der Waals surface area contributed by atoms with E-state index >= 15 is 0 Å². The molecule has 1 aromatic heterocycles. The fourth-order valence-electron chi connectivity index (χ4n) is 2.08. The van der Waals surface area contributed by atoms with Crippen LogP contribution in [0.15, 0.2) is 12.5 Å². The zero-order valence-corrected chi connectivity index (χ0v) is 8.56. The second-order valence-corrected chi connectivity index (χ2v) is 3.97. The number of aliphatic hydroxyl groups is 1. The molecule has 2 heterocycles. The van der Waals surface area contributed by atoms with Crippen molar-refractivity contribution in [2.24, 2.45) is 0 Å². The Labute approximate surface area is 84.2 Å². The molecule has 0 saturated carbocycles. The Morgan fingerprint density at radius 3 is 3.14 bits per heavy atom. The highest BCUT2D eigenvalue weighted by Crippen LogP contribution is 2.17. The number of aromatic nitrogens is 2. The van der Waals surface area contributed by atoms with Crippen molar-refractivity contribution in [2.45, 2.75) is 32.0 Å². The van der Waals surface area contributed by atoms with E-state index in [0.717, 1.165) is 12.2 Å². The lowest BCUT2D eigenvalue weighted by molar-refractivity contribution is 0.252. The lowest BCUT2D eigenvalue weighted by atomic mass is 10.2. The number of aliphatic hydroxyl groups excluding tert-OH is 1. The van der Waals surface area contributed by atoms with Gasteiger partial charge in [0.05, 0.1) is 24.8 Å². The van der Waals surface area contributed by atoms with Crippen molar-refractivity contribution >= 4 is 0 Å². The van der Waals surface area contributed by atoms with Gasteiger partial charge >= 0.3 is 0 Å². The van der Waals surface area contributed by atoms with Gasteiger partial charge in [-0.2, -0.15) is 0 Å². The monoisotopic (exact) mass is 195 g/mol. The summed E-state index contributed by atoms with van der Waals surface area (Å²) in [4.78, 5) is 6.42. The molecule has 1 aliphatic heterocycles. The van der Waals surface area contributed by atoms with Crippen molar-refractivity contribution in [1.82, 2.24) is 14.5 Å². The maximum absolute atomic E-state index is 9.07. The average Bonchev–Trinajstić information content (AvgIpc) is 2.77. The van der Waals surface area contributed by atoms with E-state index in [1.165, 1.54) is 19.4 Å². The summed E-state index contributed by atoms with van der Waals surface area (Å²) in [7, 11) is 2.16. The van der Waals surface area contributed by atoms with Crippen LogP contribution in [0, 0.1) is 0 Å². The minimum atomic E-state index is 0.0798. The number of imidazole rings is 1. The molecule has 1 N–H and O–H groups in total. The SMILES string of the molecule is CN1CCCC1Cn1cncc1CO. The second-order valence-electron chi connectivity index (χ2n) is 3.97. The van der Waals surface area contributed by atoms with Crippen molar-refractivity contribution in [1.29, 1.82) is 0 Å². The van der Waals surface area contributed by atoms with Crippen LogP contribution in [0.1, 0.15) is 18.5 Å². The van der Waals surface area contributed by atoms with Crippen LogP contribution >= 0.6 is 0 Å². The van der Waals surface area contributed by atoms with Crippen molar-refractivity contribution in [3.05, 3.63) is 18.2 Å². The Morgan fingerprint density at radius 2 is 2.50 bits per heavy atom. The summed E-state index contributed by atoms with van der Waals surface area (Å²) in [5, 5.41) is 9.07. The van der Waals surface area contributed by atoms with Gasteiger partial charge in [0.25, 0.3) is 0 Å². The summed E-state index contributed by atoms with van der Waals surface area (Å²) in [6.45, 7) is 2.22. The molecule has 1 fully saturated rings. The molecule has 1 saturated heterocycles. The molecule has 14 heavy (non-hydrogen) atoms. The molecular formula is C10H17N3O. The van der Waals surface area contributed by atoms with Crippen LogP contribution in [0.5, 0.6) is 0 Å². The van der Waals surface area contributed by atoms with Gasteiger partial charge in [0, 0.05) is 12.6 Å². The Bertz CT molecular complexity index is 297. The van der Waals surface area contributed by atoms with Gasteiger partial charge in [-0.3, -0.25) is 0 Å². The maximum Gasteiger partial charge on any atom is 0.0949 e. The van der Waals surface area contributed by atoms with Crippen LogP contribution in [0.25, 0.3) is 0 Å². The second kappa shape index (κ2) is 4.11. The van der Waals surface area contributed by atoms with Crippen LogP contribution in [0.2, 0.25) is 0 Å². The molecule has 2 rings (SSSR count). The summed E-state index contributed by atoms with van der Waals surface area (Å²) in [5.41, 5.74) is 0.908. The van der Waals surface area contributed by atoms with Crippen molar-refractivity contribution in [3.63, 3.8) is 0 Å². The van der Waals surface area contributed by atoms with E-state index in [9.17, 15) is 0 Å². The number of rotatable bonds is 3. The number of nitrogens with zero attached hydrogens (tertiary/aromatic N) is 3. The molecule has 4 nitrogen and oxygen atoms in total. The average molecular weight is 195 g/mol. The van der Waals surface area contributed by atoms with Crippen LogP contribution in [-0.4, -0.2) is 39.2 Å². The van der Waals surface area contributed by atoms with Gasteiger partial charge in [-0.1, -0.05) is 0 Å². The van der Waals surface area contributed by atoms with E-state index < -0.39 is 0 Å². The smallest absolute Gasteiger partial charge is 0.0949 e. The number of hydrogen-bond acceptors (Lipinski definition) is 3. The highest BCUT2D eigenvalue weighted by Gasteiger charge is 2.21. The molecule has 0 radical (unpaired) electrons. The van der Waals surface area contributed by atoms with Gasteiger partial charge in [0.2, 0.25) is 0 Å². The standard InChI is InChI=1S/C10H17N3O/c1-12-4-2-3-9(12)6-13-8-11-5-10(13)7-14/h5,8-9,14H,2-4,6-7H2,1H3. The first kappa shape index (κ1) is 9.68. The predicted molar refractivity (Wildman–Crippen MR) is 53.8 cm³/mol. The largest absolute Gasteiger partial charge is 0.390 e. The van der Waals surface area contributed by atoms with Crippen LogP contribution < -0.4 is 0 Å². The summed E-state index contributed by atoms with van der Waals surface area (Å²) < 4.78 is 2.05. The first-order valence-electron chi connectivity index (χ1n) is 5.11. The van der Waals surface area contributed by atoms with Crippen LogP contribution in [0.4, 0.5) is 0 Å². The first-order chi connectivity index (χ1) is 6.81. The Hall–Kier alpha value is -0.870. The number of hydrogen-bond donors (Lipinski definition) is 1. The molecule has 1 unspecified atom stereocenters. The lowest BCUT2D eigenvalue weighted by Crippen LogP contribution is -2.29. The van der Waals surface area contributed by atoms with Crippen LogP contribution in [-0.2, 0) is 13.2 Å². The molecule has 0 aromatic carbocycles. The van der Waals surface area contributed by atoms with E-state index in [1.807, 2.05) is 4.57 Å². The third-order valence-electron chi connectivity index (χ3n) is 3.04. The van der Waals surface area contributed by atoms with Gasteiger partial charge in [-0.25, -0.2) is 4.98 Å². The van der Waals surface area contributed by atoms with E-state index in [4.69, 9.17) is 5.11 Å². The third-order valence-corrected chi connectivity index (χ3v) is 3.04. The van der Waals surface area contributed by atoms with E-state index in [0.29, 0.717) is 6.04 Å². The summed E-state index contributed by atoms with van der Waals surface area (Å²) >= 11 is 0. The van der Waals surface area contributed by atoms with Crippen molar-refractivity contribution in [3.8, 4) is 0 Å². The van der Waals surface area contributed by atoms with Crippen molar-refractivity contribution < 1.29 is 5.11 Å². The fourth-order valence-corrected chi connectivity index (χ4v) is 2.08. The fraction of sp³-hybridized carbons (Fsp3) is 0.700. The molecule has 0 spiro atoms. The maximum atomic E-state index is 9.07. The van der Waals surface area contributed by atoms with Gasteiger partial charge in [0.1, 0.15) is 0 Å². The Morgan fingerprint density at radius 1 is 1.64 bits per heavy atom. The van der Waals surface area contributed by atoms with E-state index in [1.54, 1.807) is 12.5 Å².